The highest BCUT2D eigenvalue weighted by atomic mass is 19.1. The molecule has 1 aliphatic carbocycles. The van der Waals surface area contributed by atoms with Crippen LogP contribution in [0, 0.1) is 11.7 Å². The second kappa shape index (κ2) is 11.1. The van der Waals surface area contributed by atoms with Crippen molar-refractivity contribution in [2.75, 3.05) is 31.6 Å². The number of nitrogens with one attached hydrogen (secondary N) is 2. The van der Waals surface area contributed by atoms with Gasteiger partial charge in [-0.1, -0.05) is 32.1 Å². The maximum atomic E-state index is 13.9. The van der Waals surface area contributed by atoms with Gasteiger partial charge in [0.15, 0.2) is 6.10 Å². The first-order valence-corrected chi connectivity index (χ1v) is 13.1. The number of halogens is 1. The van der Waals surface area contributed by atoms with Crippen LogP contribution >= 0.6 is 0 Å². The molecule has 2 N–H and O–H groups in total. The zero-order chi connectivity index (χ0) is 25.0. The first-order valence-electron chi connectivity index (χ1n) is 13.1. The molecule has 0 radical (unpaired) electrons. The molecule has 1 saturated carbocycles. The number of amides is 2. The average Bonchev–Trinajstić information content (AvgIpc) is 3.08. The summed E-state index contributed by atoms with van der Waals surface area (Å²) in [7, 11) is 0. The zero-order valence-corrected chi connectivity index (χ0v) is 21.3. The molecular formula is C27H40FN3O4. The maximum Gasteiger partial charge on any atom is 0.408 e. The van der Waals surface area contributed by atoms with Gasteiger partial charge in [0.05, 0.1) is 13.2 Å². The van der Waals surface area contributed by atoms with Gasteiger partial charge in [-0.15, -0.1) is 0 Å². The minimum absolute atomic E-state index is 0.0246. The largest absolute Gasteiger partial charge is 0.436 e. The smallest absolute Gasteiger partial charge is 0.408 e. The molecule has 0 spiro atoms. The van der Waals surface area contributed by atoms with E-state index in [1.165, 1.54) is 25.3 Å². The Morgan fingerprint density at radius 3 is 2.63 bits per heavy atom. The van der Waals surface area contributed by atoms with E-state index in [1.807, 2.05) is 6.92 Å². The van der Waals surface area contributed by atoms with E-state index in [9.17, 15) is 14.0 Å². The predicted octanol–water partition coefficient (Wildman–Crippen LogP) is 4.82. The summed E-state index contributed by atoms with van der Waals surface area (Å²) in [5, 5.41) is 6.41. The molecule has 8 heteroatoms. The molecule has 1 aromatic carbocycles. The van der Waals surface area contributed by atoms with Crippen LogP contribution in [-0.4, -0.2) is 60.9 Å². The fourth-order valence-electron chi connectivity index (χ4n) is 5.87. The molecule has 194 valence electrons. The number of ether oxygens (including phenoxy) is 2. The second-order valence-electron chi connectivity index (χ2n) is 11.0. The van der Waals surface area contributed by atoms with Gasteiger partial charge >= 0.3 is 6.09 Å². The van der Waals surface area contributed by atoms with Crippen LogP contribution in [0.15, 0.2) is 18.2 Å². The zero-order valence-electron chi connectivity index (χ0n) is 21.3. The molecule has 1 saturated heterocycles. The fraction of sp³-hybridized carbons (Fsp3) is 0.704. The molecule has 0 aromatic heterocycles. The minimum Gasteiger partial charge on any atom is -0.436 e. The van der Waals surface area contributed by atoms with Gasteiger partial charge < -0.3 is 25.0 Å². The maximum absolute atomic E-state index is 13.9. The van der Waals surface area contributed by atoms with Crippen molar-refractivity contribution in [1.82, 2.24) is 10.2 Å². The molecule has 2 amide bonds. The number of anilines is 1. The highest BCUT2D eigenvalue weighted by Crippen LogP contribution is 2.45. The number of carbonyl (C=O) groups excluding carboxylic acids is 2. The van der Waals surface area contributed by atoms with Crippen LogP contribution in [-0.2, 0) is 14.3 Å². The SMILES string of the molecule is CC(CC1c2cc(F)ccc2NC1(C)C)NC(=O)OC(CC1CCCCC1)C(=O)N1CCOCC1. The number of alkyl carbamates (subject to hydrolysis) is 1. The van der Waals surface area contributed by atoms with Gasteiger partial charge in [-0.3, -0.25) is 4.79 Å². The number of hydrogen-bond donors (Lipinski definition) is 2. The molecule has 2 aliphatic heterocycles. The Labute approximate surface area is 208 Å². The van der Waals surface area contributed by atoms with E-state index < -0.39 is 12.2 Å². The summed E-state index contributed by atoms with van der Waals surface area (Å²) in [5.74, 6) is 0.0462. The molecule has 4 rings (SSSR count). The highest BCUT2D eigenvalue weighted by molar-refractivity contribution is 5.83. The van der Waals surface area contributed by atoms with E-state index in [-0.39, 0.29) is 29.2 Å². The summed E-state index contributed by atoms with van der Waals surface area (Å²) in [6, 6.07) is 4.60. The van der Waals surface area contributed by atoms with Crippen LogP contribution in [0.2, 0.25) is 0 Å². The lowest BCUT2D eigenvalue weighted by Crippen LogP contribution is -2.49. The number of carbonyl (C=O) groups is 2. The average molecular weight is 490 g/mol. The van der Waals surface area contributed by atoms with E-state index in [2.05, 4.69) is 24.5 Å². The van der Waals surface area contributed by atoms with E-state index >= 15 is 0 Å². The molecule has 2 heterocycles. The van der Waals surface area contributed by atoms with Crippen molar-refractivity contribution >= 4 is 17.7 Å². The van der Waals surface area contributed by atoms with Crippen molar-refractivity contribution in [2.24, 2.45) is 5.92 Å². The molecule has 1 aromatic rings. The van der Waals surface area contributed by atoms with Gasteiger partial charge in [-0.2, -0.15) is 0 Å². The fourth-order valence-corrected chi connectivity index (χ4v) is 5.87. The van der Waals surface area contributed by atoms with Crippen LogP contribution in [0.1, 0.15) is 77.2 Å². The van der Waals surface area contributed by atoms with Gasteiger partial charge in [-0.05, 0) is 63.3 Å². The van der Waals surface area contributed by atoms with Crippen LogP contribution < -0.4 is 10.6 Å². The van der Waals surface area contributed by atoms with Crippen LogP contribution in [0.3, 0.4) is 0 Å². The molecule has 3 aliphatic rings. The first kappa shape index (κ1) is 25.7. The molecule has 0 bridgehead atoms. The van der Waals surface area contributed by atoms with Crippen molar-refractivity contribution in [3.05, 3.63) is 29.6 Å². The summed E-state index contributed by atoms with van der Waals surface area (Å²) >= 11 is 0. The second-order valence-corrected chi connectivity index (χ2v) is 11.0. The minimum atomic E-state index is -0.775. The van der Waals surface area contributed by atoms with Gasteiger partial charge in [0.1, 0.15) is 5.82 Å². The number of hydrogen-bond acceptors (Lipinski definition) is 5. The van der Waals surface area contributed by atoms with E-state index in [0.717, 1.165) is 24.1 Å². The number of nitrogens with zero attached hydrogens (tertiary/aromatic N) is 1. The van der Waals surface area contributed by atoms with Crippen LogP contribution in [0.25, 0.3) is 0 Å². The third kappa shape index (κ3) is 6.46. The van der Waals surface area contributed by atoms with Gasteiger partial charge in [-0.25, -0.2) is 9.18 Å². The lowest BCUT2D eigenvalue weighted by Gasteiger charge is -2.33. The van der Waals surface area contributed by atoms with E-state index in [0.29, 0.717) is 45.1 Å². The Hall–Kier alpha value is -2.35. The van der Waals surface area contributed by atoms with Gasteiger partial charge in [0, 0.05) is 36.3 Å². The standard InChI is InChI=1S/C27H40FN3O4/c1-18(15-22-21-17-20(28)9-10-23(21)30-27(22,2)3)29-26(33)35-24(16-19-7-5-4-6-8-19)25(32)31-11-13-34-14-12-31/h9-10,17-19,22,24,30H,4-8,11-16H2,1-3H3,(H,29,33). The predicted molar refractivity (Wildman–Crippen MR) is 133 cm³/mol. The van der Waals surface area contributed by atoms with Crippen molar-refractivity contribution in [2.45, 2.75) is 89.3 Å². The first-order chi connectivity index (χ1) is 16.7. The third-order valence-corrected chi connectivity index (χ3v) is 7.79. The number of morpholine rings is 1. The van der Waals surface area contributed by atoms with Gasteiger partial charge in [0.2, 0.25) is 0 Å². The highest BCUT2D eigenvalue weighted by Gasteiger charge is 2.40. The van der Waals surface area contributed by atoms with Crippen molar-refractivity contribution in [3.8, 4) is 0 Å². The van der Waals surface area contributed by atoms with E-state index in [1.54, 1.807) is 17.0 Å². The van der Waals surface area contributed by atoms with Crippen LogP contribution in [0.4, 0.5) is 14.9 Å². The Balaban J connectivity index is 1.38. The normalized spacial score (nSPS) is 23.7. The molecule has 35 heavy (non-hydrogen) atoms. The number of fused-ring (bicyclic) bond motifs is 1. The topological polar surface area (TPSA) is 79.9 Å². The molecule has 3 atom stereocenters. The van der Waals surface area contributed by atoms with Crippen LogP contribution in [0.5, 0.6) is 0 Å². The van der Waals surface area contributed by atoms with Crippen molar-refractivity contribution in [1.29, 1.82) is 0 Å². The lowest BCUT2D eigenvalue weighted by atomic mass is 9.81. The third-order valence-electron chi connectivity index (χ3n) is 7.79. The number of benzene rings is 1. The molecule has 2 fully saturated rings. The molecule has 3 unspecified atom stereocenters. The van der Waals surface area contributed by atoms with Gasteiger partial charge in [0.25, 0.3) is 5.91 Å². The van der Waals surface area contributed by atoms with E-state index in [4.69, 9.17) is 9.47 Å². The van der Waals surface area contributed by atoms with Crippen molar-refractivity contribution in [3.63, 3.8) is 0 Å². The summed E-state index contributed by atoms with van der Waals surface area (Å²) in [4.78, 5) is 27.9. The summed E-state index contributed by atoms with van der Waals surface area (Å²) in [6.07, 6.45) is 5.57. The summed E-state index contributed by atoms with van der Waals surface area (Å²) < 4.78 is 25.1. The number of rotatable bonds is 7. The quantitative estimate of drug-likeness (QED) is 0.574. The lowest BCUT2D eigenvalue weighted by molar-refractivity contribution is -0.145. The molecule has 7 nitrogen and oxygen atoms in total. The summed E-state index contributed by atoms with van der Waals surface area (Å²) in [5.41, 5.74) is 1.58. The Kier molecular flexibility index (Phi) is 8.19. The Morgan fingerprint density at radius 2 is 1.91 bits per heavy atom. The molecular weight excluding hydrogens is 449 g/mol. The summed E-state index contributed by atoms with van der Waals surface area (Å²) in [6.45, 7) is 8.18. The van der Waals surface area contributed by atoms with Crippen molar-refractivity contribution < 1.29 is 23.5 Å². The Morgan fingerprint density at radius 1 is 1.20 bits per heavy atom. The monoisotopic (exact) mass is 489 g/mol. The Bertz CT molecular complexity index is 896.